The van der Waals surface area contributed by atoms with Crippen LogP contribution < -0.4 is 4.90 Å². The normalized spacial score (nSPS) is 19.7. The van der Waals surface area contributed by atoms with Crippen LogP contribution in [0.4, 0.5) is 5.82 Å². The van der Waals surface area contributed by atoms with Gasteiger partial charge in [0, 0.05) is 19.2 Å². The Labute approximate surface area is 162 Å². The topological polar surface area (TPSA) is 87.3 Å². The smallest absolute Gasteiger partial charge is 0.165 e. The maximum absolute atomic E-state index is 10.9. The maximum atomic E-state index is 10.9. The van der Waals surface area contributed by atoms with Crippen molar-refractivity contribution in [2.45, 2.75) is 50.8 Å². The zero-order valence-electron chi connectivity index (χ0n) is 15.5. The van der Waals surface area contributed by atoms with Gasteiger partial charge in [-0.05, 0) is 55.0 Å². The zero-order valence-corrected chi connectivity index (χ0v) is 16.3. The molecule has 0 amide bonds. The lowest BCUT2D eigenvalue weighted by molar-refractivity contribution is 0.0397. The first-order valence-corrected chi connectivity index (χ1v) is 10.3. The summed E-state index contributed by atoms with van der Waals surface area (Å²) < 4.78 is 1.90. The minimum absolute atomic E-state index is 0.218. The van der Waals surface area contributed by atoms with Crippen molar-refractivity contribution in [2.75, 3.05) is 18.1 Å². The number of imidazole rings is 1. The number of hydrogen-bond donors (Lipinski definition) is 2. The summed E-state index contributed by atoms with van der Waals surface area (Å²) in [6, 6.07) is 2.33. The summed E-state index contributed by atoms with van der Waals surface area (Å²) >= 11 is 1.57. The van der Waals surface area contributed by atoms with Crippen molar-refractivity contribution in [1.29, 1.82) is 0 Å². The van der Waals surface area contributed by atoms with Crippen molar-refractivity contribution in [2.24, 2.45) is 0 Å². The van der Waals surface area contributed by atoms with E-state index in [0.717, 1.165) is 54.8 Å². The van der Waals surface area contributed by atoms with Gasteiger partial charge in [0.15, 0.2) is 17.0 Å². The SMILES string of the molecule is CC(O)(Cn1cnc2c(N3CCCC3CCCO)ncnc21)c1ccsc1. The second-order valence-electron chi connectivity index (χ2n) is 7.38. The second-order valence-corrected chi connectivity index (χ2v) is 8.16. The Morgan fingerprint density at radius 1 is 1.33 bits per heavy atom. The molecule has 0 bridgehead atoms. The largest absolute Gasteiger partial charge is 0.396 e. The second kappa shape index (κ2) is 7.53. The molecule has 1 aliphatic heterocycles. The lowest BCUT2D eigenvalue weighted by atomic mass is 9.99. The minimum atomic E-state index is -0.990. The Kier molecular flexibility index (Phi) is 5.12. The van der Waals surface area contributed by atoms with Crippen LogP contribution in [0.3, 0.4) is 0 Å². The fourth-order valence-electron chi connectivity index (χ4n) is 3.93. The van der Waals surface area contributed by atoms with E-state index in [0.29, 0.717) is 12.6 Å². The molecule has 1 aliphatic rings. The molecule has 3 aromatic rings. The summed E-state index contributed by atoms with van der Waals surface area (Å²) in [5.41, 5.74) is 1.42. The number of nitrogens with zero attached hydrogens (tertiary/aromatic N) is 5. The molecule has 1 fully saturated rings. The molecule has 4 rings (SSSR count). The van der Waals surface area contributed by atoms with Crippen molar-refractivity contribution >= 4 is 28.3 Å². The molecule has 2 N–H and O–H groups in total. The Morgan fingerprint density at radius 3 is 3.00 bits per heavy atom. The van der Waals surface area contributed by atoms with Crippen LogP contribution in [-0.2, 0) is 12.1 Å². The van der Waals surface area contributed by atoms with Crippen LogP contribution in [-0.4, -0.2) is 48.9 Å². The first kappa shape index (κ1) is 18.3. The molecule has 144 valence electrons. The molecule has 3 aromatic heterocycles. The van der Waals surface area contributed by atoms with Crippen LogP contribution in [0.25, 0.3) is 11.2 Å². The third-order valence-corrected chi connectivity index (χ3v) is 6.03. The lowest BCUT2D eigenvalue weighted by Crippen LogP contribution is -2.30. The van der Waals surface area contributed by atoms with E-state index in [1.165, 1.54) is 0 Å². The third kappa shape index (κ3) is 3.56. The van der Waals surface area contributed by atoms with Crippen molar-refractivity contribution in [3.63, 3.8) is 0 Å². The molecule has 7 nitrogen and oxygen atoms in total. The standard InChI is InChI=1S/C19H25N5O2S/c1-19(26,14-6-9-27-10-14)11-23-13-22-16-17(23)20-12-21-18(16)24-7-2-4-15(24)5-3-8-25/h6,9-10,12-13,15,25-26H,2-5,7-8,11H2,1H3. The Bertz CT molecular complexity index is 893. The molecular formula is C19H25N5O2S. The van der Waals surface area contributed by atoms with Gasteiger partial charge in [-0.1, -0.05) is 0 Å². The van der Waals surface area contributed by atoms with Crippen LogP contribution in [0.2, 0.25) is 0 Å². The predicted octanol–water partition coefficient (Wildman–Crippen LogP) is 2.54. The van der Waals surface area contributed by atoms with Crippen molar-refractivity contribution in [3.05, 3.63) is 35.0 Å². The van der Waals surface area contributed by atoms with Crippen molar-refractivity contribution in [1.82, 2.24) is 19.5 Å². The van der Waals surface area contributed by atoms with Crippen LogP contribution in [0.5, 0.6) is 0 Å². The van der Waals surface area contributed by atoms with E-state index in [-0.39, 0.29) is 6.61 Å². The minimum Gasteiger partial charge on any atom is -0.396 e. The van der Waals surface area contributed by atoms with Gasteiger partial charge in [-0.25, -0.2) is 15.0 Å². The van der Waals surface area contributed by atoms with Gasteiger partial charge in [-0.2, -0.15) is 11.3 Å². The average Bonchev–Trinajstić information content (AvgIpc) is 3.40. The van der Waals surface area contributed by atoms with Gasteiger partial charge < -0.3 is 19.7 Å². The number of hydrogen-bond acceptors (Lipinski definition) is 7. The summed E-state index contributed by atoms with van der Waals surface area (Å²) in [7, 11) is 0. The molecule has 8 heteroatoms. The molecule has 27 heavy (non-hydrogen) atoms. The first-order chi connectivity index (χ1) is 13.1. The number of aliphatic hydroxyl groups is 2. The predicted molar refractivity (Wildman–Crippen MR) is 106 cm³/mol. The highest BCUT2D eigenvalue weighted by atomic mass is 32.1. The summed E-state index contributed by atoms with van der Waals surface area (Å²) in [4.78, 5) is 15.8. The molecule has 2 atom stereocenters. The lowest BCUT2D eigenvalue weighted by Gasteiger charge is -2.26. The number of anilines is 1. The molecule has 0 spiro atoms. The molecule has 2 unspecified atom stereocenters. The summed E-state index contributed by atoms with van der Waals surface area (Å²) in [6.07, 6.45) is 7.30. The van der Waals surface area contributed by atoms with Gasteiger partial charge in [0.05, 0.1) is 12.9 Å². The maximum Gasteiger partial charge on any atom is 0.165 e. The summed E-state index contributed by atoms with van der Waals surface area (Å²) in [5, 5.41) is 24.0. The van der Waals surface area contributed by atoms with Gasteiger partial charge >= 0.3 is 0 Å². The van der Waals surface area contributed by atoms with E-state index >= 15 is 0 Å². The van der Waals surface area contributed by atoms with E-state index < -0.39 is 5.60 Å². The van der Waals surface area contributed by atoms with Crippen LogP contribution in [0.15, 0.2) is 29.5 Å². The molecule has 1 saturated heterocycles. The third-order valence-electron chi connectivity index (χ3n) is 5.35. The highest BCUT2D eigenvalue weighted by molar-refractivity contribution is 7.08. The van der Waals surface area contributed by atoms with E-state index in [1.54, 1.807) is 24.0 Å². The molecular weight excluding hydrogens is 362 g/mol. The molecule has 0 radical (unpaired) electrons. The quantitative estimate of drug-likeness (QED) is 0.648. The molecule has 0 aromatic carbocycles. The van der Waals surface area contributed by atoms with E-state index in [1.807, 2.05) is 28.3 Å². The molecule has 0 saturated carbocycles. The van der Waals surface area contributed by atoms with Crippen LogP contribution >= 0.6 is 11.3 Å². The number of fused-ring (bicyclic) bond motifs is 1. The van der Waals surface area contributed by atoms with Gasteiger partial charge in [-0.15, -0.1) is 0 Å². The van der Waals surface area contributed by atoms with Gasteiger partial charge in [-0.3, -0.25) is 0 Å². The first-order valence-electron chi connectivity index (χ1n) is 9.38. The van der Waals surface area contributed by atoms with Gasteiger partial charge in [0.1, 0.15) is 11.9 Å². The van der Waals surface area contributed by atoms with Crippen molar-refractivity contribution in [3.8, 4) is 0 Å². The Hall–Kier alpha value is -2.03. The van der Waals surface area contributed by atoms with E-state index in [4.69, 9.17) is 5.11 Å². The zero-order chi connectivity index (χ0) is 18.9. The summed E-state index contributed by atoms with van der Waals surface area (Å²) in [5.74, 6) is 0.856. The van der Waals surface area contributed by atoms with Crippen LogP contribution in [0.1, 0.15) is 38.2 Å². The fourth-order valence-corrected chi connectivity index (χ4v) is 4.71. The van der Waals surface area contributed by atoms with E-state index in [2.05, 4.69) is 19.9 Å². The number of thiophene rings is 1. The monoisotopic (exact) mass is 387 g/mol. The van der Waals surface area contributed by atoms with Crippen molar-refractivity contribution < 1.29 is 10.2 Å². The van der Waals surface area contributed by atoms with E-state index in [9.17, 15) is 5.11 Å². The average molecular weight is 388 g/mol. The Morgan fingerprint density at radius 2 is 2.22 bits per heavy atom. The highest BCUT2D eigenvalue weighted by Gasteiger charge is 2.29. The molecule has 4 heterocycles. The number of aromatic nitrogens is 4. The van der Waals surface area contributed by atoms with Crippen LogP contribution in [0, 0.1) is 0 Å². The molecule has 0 aliphatic carbocycles. The Balaban J connectivity index is 1.64. The number of rotatable bonds is 7. The van der Waals surface area contributed by atoms with Gasteiger partial charge in [0.2, 0.25) is 0 Å². The fraction of sp³-hybridized carbons (Fsp3) is 0.526. The highest BCUT2D eigenvalue weighted by Crippen LogP contribution is 2.32. The van der Waals surface area contributed by atoms with Gasteiger partial charge in [0.25, 0.3) is 0 Å². The number of aliphatic hydroxyl groups excluding tert-OH is 1. The summed E-state index contributed by atoms with van der Waals surface area (Å²) in [6.45, 7) is 3.36.